The first-order valence-corrected chi connectivity index (χ1v) is 11.1. The minimum Gasteiger partial charge on any atom is -0.481 e. The highest BCUT2D eigenvalue weighted by molar-refractivity contribution is 8.32. The molecule has 0 spiro atoms. The van der Waals surface area contributed by atoms with Crippen molar-refractivity contribution in [2.24, 2.45) is 0 Å². The fourth-order valence-electron chi connectivity index (χ4n) is 2.38. The van der Waals surface area contributed by atoms with Gasteiger partial charge in [0, 0.05) is 12.8 Å². The molecule has 156 valence electrons. The van der Waals surface area contributed by atoms with Crippen LogP contribution in [-0.2, 0) is 9.59 Å². The number of unbranched alkanes of at least 4 members (excludes halogenated alkanes) is 10. The predicted octanol–water partition coefficient (Wildman–Crippen LogP) is 6.41. The third-order valence-electron chi connectivity index (χ3n) is 4.04. The van der Waals surface area contributed by atoms with E-state index >= 15 is 0 Å². The zero-order chi connectivity index (χ0) is 21.0. The van der Waals surface area contributed by atoms with Crippen molar-refractivity contribution < 1.29 is 19.5 Å². The SMILES string of the molecule is CC(C#N)(CCC(=O)O)SC(=O)S.CCCCCCCCCCCCC=O. The topological polar surface area (TPSA) is 95.2 Å². The van der Waals surface area contributed by atoms with Crippen molar-refractivity contribution in [3.05, 3.63) is 0 Å². The van der Waals surface area contributed by atoms with Gasteiger partial charge in [-0.15, -0.1) is 0 Å². The van der Waals surface area contributed by atoms with E-state index in [0.29, 0.717) is 0 Å². The molecule has 0 rings (SSSR count). The molecule has 0 aromatic heterocycles. The molecule has 1 unspecified atom stereocenters. The van der Waals surface area contributed by atoms with Gasteiger partial charge >= 0.3 is 5.97 Å². The van der Waals surface area contributed by atoms with E-state index < -0.39 is 15.2 Å². The average molecular weight is 418 g/mol. The predicted molar refractivity (Wildman–Crippen MR) is 115 cm³/mol. The Labute approximate surface area is 174 Å². The van der Waals surface area contributed by atoms with Gasteiger partial charge in [0.15, 0.2) is 0 Å². The maximum absolute atomic E-state index is 10.6. The molecule has 0 saturated heterocycles. The van der Waals surface area contributed by atoms with Crippen LogP contribution in [0.25, 0.3) is 0 Å². The summed E-state index contributed by atoms with van der Waals surface area (Å²) in [6.45, 7) is 3.78. The highest BCUT2D eigenvalue weighted by Gasteiger charge is 2.27. The number of rotatable bonds is 15. The fraction of sp³-hybridized carbons (Fsp3) is 0.800. The second-order valence-corrected chi connectivity index (χ2v) is 8.93. The van der Waals surface area contributed by atoms with Crippen molar-refractivity contribution in [1.29, 1.82) is 5.26 Å². The van der Waals surface area contributed by atoms with Crippen LogP contribution in [0.4, 0.5) is 4.79 Å². The molecular weight excluding hydrogens is 382 g/mol. The number of carbonyl (C=O) groups is 3. The number of aliphatic carboxylic acids is 1. The molecule has 7 heteroatoms. The van der Waals surface area contributed by atoms with Gasteiger partial charge in [-0.25, -0.2) is 0 Å². The van der Waals surface area contributed by atoms with Crippen LogP contribution in [0.15, 0.2) is 0 Å². The third kappa shape index (κ3) is 23.0. The monoisotopic (exact) mass is 417 g/mol. The standard InChI is InChI=1S/C13H26O.C7H9NO3S2/c1-2-3-4-5-6-7-8-9-10-11-12-13-14;1-7(4-8,13-6(11)12)3-2-5(9)10/h13H,2-12H2,1H3;2-3H2,1H3,(H,9,10)(H,11,12). The Morgan fingerprint density at radius 2 is 1.56 bits per heavy atom. The first kappa shape index (κ1) is 28.2. The molecule has 1 N–H and O–H groups in total. The van der Waals surface area contributed by atoms with E-state index in [1.54, 1.807) is 0 Å². The lowest BCUT2D eigenvalue weighted by Gasteiger charge is -2.16. The van der Waals surface area contributed by atoms with Crippen LogP contribution in [0.2, 0.25) is 0 Å². The summed E-state index contributed by atoms with van der Waals surface area (Å²) in [6, 6.07) is 1.90. The number of hydrogen-bond donors (Lipinski definition) is 2. The zero-order valence-corrected chi connectivity index (χ0v) is 18.5. The molecule has 0 aliphatic heterocycles. The average Bonchev–Trinajstić information content (AvgIpc) is 2.62. The number of carboxylic acid groups (broad SMARTS) is 1. The zero-order valence-electron chi connectivity index (χ0n) is 16.7. The number of thioether (sulfide) groups is 1. The number of carbonyl (C=O) groups excluding carboxylic acids is 2. The summed E-state index contributed by atoms with van der Waals surface area (Å²) >= 11 is 4.26. The molecule has 1 atom stereocenters. The summed E-state index contributed by atoms with van der Waals surface area (Å²) < 4.78 is -1.47. The molecule has 0 bridgehead atoms. The summed E-state index contributed by atoms with van der Waals surface area (Å²) in [6.07, 6.45) is 15.2. The highest BCUT2D eigenvalue weighted by atomic mass is 32.2. The minimum absolute atomic E-state index is 0.127. The molecule has 27 heavy (non-hydrogen) atoms. The lowest BCUT2D eigenvalue weighted by Crippen LogP contribution is -2.19. The van der Waals surface area contributed by atoms with Gasteiger partial charge < -0.3 is 9.90 Å². The number of carboxylic acids is 1. The molecule has 0 saturated carbocycles. The summed E-state index contributed by atoms with van der Waals surface area (Å²) in [7, 11) is 0. The van der Waals surface area contributed by atoms with Crippen molar-refractivity contribution in [1.82, 2.24) is 0 Å². The second kappa shape index (κ2) is 19.8. The molecule has 0 fully saturated rings. The largest absolute Gasteiger partial charge is 0.481 e. The van der Waals surface area contributed by atoms with Gasteiger partial charge in [-0.1, -0.05) is 89.1 Å². The Morgan fingerprint density at radius 1 is 1.07 bits per heavy atom. The van der Waals surface area contributed by atoms with E-state index in [0.717, 1.165) is 30.9 Å². The van der Waals surface area contributed by atoms with E-state index in [-0.39, 0.29) is 12.8 Å². The van der Waals surface area contributed by atoms with Crippen LogP contribution in [0.1, 0.15) is 97.3 Å². The van der Waals surface area contributed by atoms with Gasteiger partial charge in [-0.05, 0) is 19.8 Å². The Hall–Kier alpha value is -1.00. The van der Waals surface area contributed by atoms with Crippen LogP contribution in [0.5, 0.6) is 0 Å². The van der Waals surface area contributed by atoms with Crippen molar-refractivity contribution in [3.8, 4) is 6.07 Å². The van der Waals surface area contributed by atoms with Crippen LogP contribution >= 0.6 is 24.4 Å². The summed E-state index contributed by atoms with van der Waals surface area (Å²) in [4.78, 5) is 30.9. The lowest BCUT2D eigenvalue weighted by molar-refractivity contribution is -0.137. The number of hydrogen-bond acceptors (Lipinski definition) is 5. The fourth-order valence-corrected chi connectivity index (χ4v) is 3.62. The van der Waals surface area contributed by atoms with Crippen LogP contribution in [0, 0.1) is 11.3 Å². The summed E-state index contributed by atoms with van der Waals surface area (Å²) in [5.41, 5.74) is 0. The molecule has 5 nitrogen and oxygen atoms in total. The Kier molecular flexibility index (Phi) is 20.6. The first-order chi connectivity index (χ1) is 12.8. The first-order valence-electron chi connectivity index (χ1n) is 9.80. The van der Waals surface area contributed by atoms with Gasteiger partial charge in [-0.2, -0.15) is 5.26 Å². The smallest absolute Gasteiger partial charge is 0.303 e. The van der Waals surface area contributed by atoms with Gasteiger partial charge in [-0.3, -0.25) is 9.59 Å². The number of aldehydes is 1. The third-order valence-corrected chi connectivity index (χ3v) is 5.23. The quantitative estimate of drug-likeness (QED) is 0.181. The highest BCUT2D eigenvalue weighted by Crippen LogP contribution is 2.31. The molecule has 0 aromatic rings. The van der Waals surface area contributed by atoms with E-state index in [1.165, 1.54) is 64.7 Å². The van der Waals surface area contributed by atoms with Crippen LogP contribution < -0.4 is 0 Å². The Bertz CT molecular complexity index is 452. The lowest BCUT2D eigenvalue weighted by atomic mass is 10.1. The minimum atomic E-state index is -0.989. The molecule has 0 aliphatic rings. The van der Waals surface area contributed by atoms with Gasteiger partial charge in [0.1, 0.15) is 11.0 Å². The van der Waals surface area contributed by atoms with Gasteiger partial charge in [0.25, 0.3) is 0 Å². The summed E-state index contributed by atoms with van der Waals surface area (Å²) in [5.74, 6) is -0.978. The molecule has 0 aliphatic carbocycles. The summed E-state index contributed by atoms with van der Waals surface area (Å²) in [5, 5.41) is 17.1. The molecular formula is C20H35NO4S2. The normalized spacial score (nSPS) is 12.2. The molecule has 0 aromatic carbocycles. The number of thiol groups is 1. The van der Waals surface area contributed by atoms with Crippen molar-refractivity contribution >= 4 is 41.1 Å². The van der Waals surface area contributed by atoms with Gasteiger partial charge in [0.2, 0.25) is 4.45 Å². The van der Waals surface area contributed by atoms with Crippen LogP contribution in [0.3, 0.4) is 0 Å². The maximum Gasteiger partial charge on any atom is 0.303 e. The molecule has 0 heterocycles. The Balaban J connectivity index is 0. The molecule has 0 amide bonds. The number of nitriles is 1. The second-order valence-electron chi connectivity index (χ2n) is 6.74. The maximum atomic E-state index is 10.6. The Morgan fingerprint density at radius 3 is 1.93 bits per heavy atom. The van der Waals surface area contributed by atoms with E-state index in [2.05, 4.69) is 19.6 Å². The van der Waals surface area contributed by atoms with Crippen molar-refractivity contribution in [2.45, 2.75) is 102 Å². The number of nitrogens with zero attached hydrogens (tertiary/aromatic N) is 1. The van der Waals surface area contributed by atoms with E-state index in [4.69, 9.17) is 10.4 Å². The van der Waals surface area contributed by atoms with Crippen molar-refractivity contribution in [3.63, 3.8) is 0 Å². The van der Waals surface area contributed by atoms with Crippen molar-refractivity contribution in [2.75, 3.05) is 0 Å². The molecule has 0 radical (unpaired) electrons. The van der Waals surface area contributed by atoms with Gasteiger partial charge in [0.05, 0.1) is 6.07 Å². The van der Waals surface area contributed by atoms with E-state index in [9.17, 15) is 14.4 Å². The van der Waals surface area contributed by atoms with E-state index in [1.807, 2.05) is 6.07 Å². The van der Waals surface area contributed by atoms with Crippen LogP contribution in [-0.4, -0.2) is 26.6 Å².